The molecule has 4 nitrogen and oxygen atoms in total. The largest absolute Gasteiger partial charge is 0.493 e. The maximum atomic E-state index is 11.7. The summed E-state index contributed by atoms with van der Waals surface area (Å²) in [6.07, 6.45) is 0.566. The van der Waals surface area contributed by atoms with Crippen molar-refractivity contribution >= 4 is 34.2 Å². The van der Waals surface area contributed by atoms with Gasteiger partial charge in [-0.15, -0.1) is 0 Å². The molecule has 1 unspecified atom stereocenters. The van der Waals surface area contributed by atoms with E-state index in [0.29, 0.717) is 22.2 Å². The lowest BCUT2D eigenvalue weighted by molar-refractivity contribution is -0.118. The van der Waals surface area contributed by atoms with Crippen molar-refractivity contribution in [1.82, 2.24) is 5.32 Å². The average molecular weight is 283 g/mol. The lowest BCUT2D eigenvalue weighted by Crippen LogP contribution is -2.25. The number of amides is 1. The third-order valence-electron chi connectivity index (χ3n) is 2.66. The van der Waals surface area contributed by atoms with E-state index in [2.05, 4.69) is 5.32 Å². The van der Waals surface area contributed by atoms with Gasteiger partial charge in [0.2, 0.25) is 5.91 Å². The Bertz CT molecular complexity index is 490. The van der Waals surface area contributed by atoms with Crippen molar-refractivity contribution in [3.8, 4) is 11.5 Å². The molecule has 1 aromatic rings. The summed E-state index contributed by atoms with van der Waals surface area (Å²) in [6.45, 7) is 0. The average Bonchev–Trinajstić information content (AvgIpc) is 2.67. The molecule has 1 fully saturated rings. The Hall–Kier alpha value is -1.27. The number of hydrogen-bond acceptors (Lipinski definition) is 5. The molecule has 1 aliphatic rings. The molecule has 18 heavy (non-hydrogen) atoms. The van der Waals surface area contributed by atoms with Crippen LogP contribution in [0.15, 0.2) is 18.2 Å². The number of hydrogen-bond donors (Lipinski definition) is 1. The molecule has 0 saturated carbocycles. The van der Waals surface area contributed by atoms with Crippen molar-refractivity contribution in [1.29, 1.82) is 0 Å². The number of carbonyl (C=O) groups excluding carboxylic acids is 1. The van der Waals surface area contributed by atoms with Crippen molar-refractivity contribution in [2.75, 3.05) is 14.2 Å². The number of para-hydroxylation sites is 1. The minimum absolute atomic E-state index is 0.0464. The van der Waals surface area contributed by atoms with E-state index >= 15 is 0 Å². The van der Waals surface area contributed by atoms with E-state index in [4.69, 9.17) is 21.7 Å². The fourth-order valence-corrected chi connectivity index (χ4v) is 3.14. The highest BCUT2D eigenvalue weighted by Gasteiger charge is 2.30. The normalized spacial score (nSPS) is 18.7. The molecule has 0 aromatic heterocycles. The first-order chi connectivity index (χ1) is 8.65. The predicted octanol–water partition coefficient (Wildman–Crippen LogP) is 1.76. The van der Waals surface area contributed by atoms with Gasteiger partial charge in [0.25, 0.3) is 0 Å². The first kappa shape index (κ1) is 13.2. The topological polar surface area (TPSA) is 47.6 Å². The summed E-state index contributed by atoms with van der Waals surface area (Å²) in [7, 11) is 3.18. The summed E-state index contributed by atoms with van der Waals surface area (Å²) in [5.41, 5.74) is 0.939. The fraction of sp³-hybridized carbons (Fsp3) is 0.333. The summed E-state index contributed by atoms with van der Waals surface area (Å²) in [4.78, 5) is 11.7. The number of thiocarbonyl (C=S) groups is 1. The van der Waals surface area contributed by atoms with Crippen LogP contribution in [0.1, 0.15) is 5.56 Å². The molecule has 1 saturated heterocycles. The predicted molar refractivity (Wildman–Crippen MR) is 75.4 cm³/mol. The quantitative estimate of drug-likeness (QED) is 0.853. The molecular weight excluding hydrogens is 270 g/mol. The van der Waals surface area contributed by atoms with Gasteiger partial charge in [0.1, 0.15) is 4.32 Å². The second-order valence-electron chi connectivity index (χ2n) is 3.74. The molecule has 1 heterocycles. The van der Waals surface area contributed by atoms with Crippen molar-refractivity contribution in [3.05, 3.63) is 23.8 Å². The second kappa shape index (κ2) is 5.58. The van der Waals surface area contributed by atoms with E-state index in [1.54, 1.807) is 14.2 Å². The van der Waals surface area contributed by atoms with Crippen LogP contribution in [0.3, 0.4) is 0 Å². The molecule has 1 aromatic carbocycles. The van der Waals surface area contributed by atoms with Gasteiger partial charge in [0.05, 0.1) is 19.5 Å². The SMILES string of the molecule is COc1cccc(CC2SC(=S)NC2=O)c1OC. The summed E-state index contributed by atoms with van der Waals surface area (Å²) in [5, 5.41) is 2.44. The molecule has 0 aliphatic carbocycles. The summed E-state index contributed by atoms with van der Waals surface area (Å²) in [6, 6.07) is 5.64. The zero-order valence-electron chi connectivity index (χ0n) is 10.1. The number of methoxy groups -OCH3 is 2. The van der Waals surface area contributed by atoms with E-state index in [9.17, 15) is 4.79 Å². The van der Waals surface area contributed by atoms with Crippen LogP contribution >= 0.6 is 24.0 Å². The van der Waals surface area contributed by atoms with Gasteiger partial charge in [-0.05, 0) is 18.1 Å². The van der Waals surface area contributed by atoms with Crippen LogP contribution in [-0.2, 0) is 11.2 Å². The highest BCUT2D eigenvalue weighted by molar-refractivity contribution is 8.24. The molecule has 0 radical (unpaired) electrons. The third kappa shape index (κ3) is 2.59. The van der Waals surface area contributed by atoms with Crippen LogP contribution in [0.5, 0.6) is 11.5 Å². The van der Waals surface area contributed by atoms with Gasteiger partial charge in [0, 0.05) is 0 Å². The zero-order chi connectivity index (χ0) is 13.1. The minimum atomic E-state index is -0.196. The highest BCUT2D eigenvalue weighted by Crippen LogP contribution is 2.34. The van der Waals surface area contributed by atoms with E-state index in [1.165, 1.54) is 11.8 Å². The number of rotatable bonds is 4. The lowest BCUT2D eigenvalue weighted by atomic mass is 10.1. The standard InChI is InChI=1S/C12H13NO3S2/c1-15-8-5-3-4-7(10(8)16-2)6-9-11(14)13-12(17)18-9/h3-5,9H,6H2,1-2H3,(H,13,14,17). The van der Waals surface area contributed by atoms with Crippen molar-refractivity contribution in [3.63, 3.8) is 0 Å². The van der Waals surface area contributed by atoms with Gasteiger partial charge in [-0.25, -0.2) is 0 Å². The lowest BCUT2D eigenvalue weighted by Gasteiger charge is -2.13. The van der Waals surface area contributed by atoms with Crippen LogP contribution in [0, 0.1) is 0 Å². The molecule has 2 rings (SSSR count). The van der Waals surface area contributed by atoms with Crippen LogP contribution < -0.4 is 14.8 Å². The second-order valence-corrected chi connectivity index (χ2v) is 5.62. The van der Waals surface area contributed by atoms with E-state index < -0.39 is 0 Å². The fourth-order valence-electron chi connectivity index (χ4n) is 1.84. The molecular formula is C12H13NO3S2. The minimum Gasteiger partial charge on any atom is -0.493 e. The molecule has 0 spiro atoms. The smallest absolute Gasteiger partial charge is 0.239 e. The van der Waals surface area contributed by atoms with Gasteiger partial charge in [0.15, 0.2) is 11.5 Å². The molecule has 1 atom stereocenters. The number of benzene rings is 1. The molecule has 1 aliphatic heterocycles. The van der Waals surface area contributed by atoms with E-state index in [-0.39, 0.29) is 11.2 Å². The highest BCUT2D eigenvalue weighted by atomic mass is 32.2. The Morgan fingerprint density at radius 3 is 2.72 bits per heavy atom. The third-order valence-corrected chi connectivity index (χ3v) is 4.03. The van der Waals surface area contributed by atoms with Gasteiger partial charge < -0.3 is 14.8 Å². The number of carbonyl (C=O) groups is 1. The number of thioether (sulfide) groups is 1. The molecule has 1 amide bonds. The van der Waals surface area contributed by atoms with Gasteiger partial charge in [-0.2, -0.15) is 0 Å². The Morgan fingerprint density at radius 2 is 2.17 bits per heavy atom. The molecule has 96 valence electrons. The van der Waals surface area contributed by atoms with Crippen molar-refractivity contribution in [2.45, 2.75) is 11.7 Å². The van der Waals surface area contributed by atoms with Crippen LogP contribution in [0.25, 0.3) is 0 Å². The van der Waals surface area contributed by atoms with Gasteiger partial charge in [-0.1, -0.05) is 36.1 Å². The van der Waals surface area contributed by atoms with Crippen molar-refractivity contribution in [2.24, 2.45) is 0 Å². The van der Waals surface area contributed by atoms with Crippen LogP contribution in [0.4, 0.5) is 0 Å². The first-order valence-corrected chi connectivity index (χ1v) is 6.66. The van der Waals surface area contributed by atoms with Crippen LogP contribution in [-0.4, -0.2) is 29.7 Å². The summed E-state index contributed by atoms with van der Waals surface area (Å²) >= 11 is 6.35. The Morgan fingerprint density at radius 1 is 1.39 bits per heavy atom. The maximum absolute atomic E-state index is 11.7. The van der Waals surface area contributed by atoms with Crippen molar-refractivity contribution < 1.29 is 14.3 Å². The molecule has 0 bridgehead atoms. The van der Waals surface area contributed by atoms with E-state index in [1.807, 2.05) is 18.2 Å². The monoisotopic (exact) mass is 283 g/mol. The van der Waals surface area contributed by atoms with Crippen LogP contribution in [0.2, 0.25) is 0 Å². The Kier molecular flexibility index (Phi) is 4.08. The number of ether oxygens (including phenoxy) is 2. The first-order valence-electron chi connectivity index (χ1n) is 5.37. The summed E-state index contributed by atoms with van der Waals surface area (Å²) in [5.74, 6) is 1.29. The number of nitrogens with one attached hydrogen (secondary N) is 1. The zero-order valence-corrected chi connectivity index (χ0v) is 11.7. The maximum Gasteiger partial charge on any atom is 0.239 e. The Labute approximate surface area is 115 Å². The Balaban J connectivity index is 2.23. The van der Waals surface area contributed by atoms with Gasteiger partial charge in [-0.3, -0.25) is 4.79 Å². The summed E-state index contributed by atoms with van der Waals surface area (Å²) < 4.78 is 11.1. The van der Waals surface area contributed by atoms with Gasteiger partial charge >= 0.3 is 0 Å². The molecule has 6 heteroatoms. The van der Waals surface area contributed by atoms with E-state index in [0.717, 1.165) is 5.56 Å². The molecule has 1 N–H and O–H groups in total.